The van der Waals surface area contributed by atoms with Crippen LogP contribution in [0.1, 0.15) is 13.3 Å². The molecule has 1 heterocycles. The highest BCUT2D eigenvalue weighted by Crippen LogP contribution is 2.15. The van der Waals surface area contributed by atoms with Crippen LogP contribution in [0, 0.1) is 5.92 Å². The van der Waals surface area contributed by atoms with Gasteiger partial charge < -0.3 is 4.90 Å². The van der Waals surface area contributed by atoms with Gasteiger partial charge in [-0.05, 0) is 18.1 Å². The fourth-order valence-corrected chi connectivity index (χ4v) is 2.61. The zero-order valence-electron chi connectivity index (χ0n) is 7.76. The highest BCUT2D eigenvalue weighted by atomic mass is 32.2. The van der Waals surface area contributed by atoms with E-state index in [2.05, 4.69) is 11.8 Å². The molecule has 0 aliphatic carbocycles. The lowest BCUT2D eigenvalue weighted by Gasteiger charge is -2.20. The number of alkyl halides is 1. The van der Waals surface area contributed by atoms with Gasteiger partial charge in [-0.25, -0.2) is 0 Å². The predicted molar refractivity (Wildman–Crippen MR) is 53.5 cm³/mol. The van der Waals surface area contributed by atoms with Crippen molar-refractivity contribution >= 4 is 11.8 Å². The molecule has 0 aromatic carbocycles. The average molecular weight is 191 g/mol. The second kappa shape index (κ2) is 5.81. The van der Waals surface area contributed by atoms with Crippen LogP contribution >= 0.6 is 11.8 Å². The third kappa shape index (κ3) is 3.76. The van der Waals surface area contributed by atoms with Crippen molar-refractivity contribution in [3.8, 4) is 0 Å². The molecule has 0 aromatic heterocycles. The summed E-state index contributed by atoms with van der Waals surface area (Å²) >= 11 is 2.03. The first kappa shape index (κ1) is 10.3. The molecule has 1 aliphatic heterocycles. The Bertz CT molecular complexity index is 121. The normalized spacial score (nSPS) is 27.0. The van der Waals surface area contributed by atoms with E-state index in [0.29, 0.717) is 6.42 Å². The molecule has 0 bridgehead atoms. The van der Waals surface area contributed by atoms with Gasteiger partial charge in [-0.3, -0.25) is 4.39 Å². The molecule has 0 amide bonds. The molecule has 1 rings (SSSR count). The standard InChI is InChI=1S/C9H18FNS/c1-9-7-11(4-2-3-10)5-6-12-8-9/h9H,2-8H2,1H3. The Balaban J connectivity index is 2.21. The van der Waals surface area contributed by atoms with E-state index in [1.807, 2.05) is 11.8 Å². The van der Waals surface area contributed by atoms with Gasteiger partial charge in [0.25, 0.3) is 0 Å². The molecule has 12 heavy (non-hydrogen) atoms. The second-order valence-corrected chi connectivity index (χ2v) is 4.67. The van der Waals surface area contributed by atoms with Crippen LogP contribution in [0.15, 0.2) is 0 Å². The van der Waals surface area contributed by atoms with E-state index in [9.17, 15) is 4.39 Å². The molecule has 1 unspecified atom stereocenters. The molecule has 1 fully saturated rings. The first-order valence-corrected chi connectivity index (χ1v) is 5.84. The van der Waals surface area contributed by atoms with E-state index in [4.69, 9.17) is 0 Å². The van der Waals surface area contributed by atoms with Crippen LogP contribution in [-0.4, -0.2) is 42.7 Å². The molecule has 1 aliphatic rings. The van der Waals surface area contributed by atoms with E-state index < -0.39 is 0 Å². The summed E-state index contributed by atoms with van der Waals surface area (Å²) in [5.41, 5.74) is 0. The summed E-state index contributed by atoms with van der Waals surface area (Å²) in [6.45, 7) is 5.36. The lowest BCUT2D eigenvalue weighted by atomic mass is 10.2. The highest BCUT2D eigenvalue weighted by molar-refractivity contribution is 7.99. The first-order valence-electron chi connectivity index (χ1n) is 4.69. The summed E-state index contributed by atoms with van der Waals surface area (Å²) < 4.78 is 11.9. The third-order valence-electron chi connectivity index (χ3n) is 2.13. The van der Waals surface area contributed by atoms with Crippen LogP contribution in [0.2, 0.25) is 0 Å². The maximum absolute atomic E-state index is 11.9. The highest BCUT2D eigenvalue weighted by Gasteiger charge is 2.13. The van der Waals surface area contributed by atoms with Crippen molar-refractivity contribution in [3.05, 3.63) is 0 Å². The van der Waals surface area contributed by atoms with Gasteiger partial charge >= 0.3 is 0 Å². The Labute approximate surface area is 78.7 Å². The van der Waals surface area contributed by atoms with Crippen LogP contribution in [0.3, 0.4) is 0 Å². The summed E-state index contributed by atoms with van der Waals surface area (Å²) in [6, 6.07) is 0. The monoisotopic (exact) mass is 191 g/mol. The maximum Gasteiger partial charge on any atom is 0.0906 e. The lowest BCUT2D eigenvalue weighted by Crippen LogP contribution is -2.30. The van der Waals surface area contributed by atoms with Gasteiger partial charge in [0.2, 0.25) is 0 Å². The number of rotatable bonds is 3. The molecule has 1 atom stereocenters. The van der Waals surface area contributed by atoms with E-state index in [-0.39, 0.29) is 6.67 Å². The summed E-state index contributed by atoms with van der Waals surface area (Å²) in [4.78, 5) is 2.39. The fourth-order valence-electron chi connectivity index (χ4n) is 1.55. The van der Waals surface area contributed by atoms with Gasteiger partial charge in [-0.15, -0.1) is 0 Å². The quantitative estimate of drug-likeness (QED) is 0.671. The first-order chi connectivity index (χ1) is 5.83. The van der Waals surface area contributed by atoms with Crippen molar-refractivity contribution in [3.63, 3.8) is 0 Å². The summed E-state index contributed by atoms with van der Waals surface area (Å²) in [5.74, 6) is 3.26. The van der Waals surface area contributed by atoms with Crippen LogP contribution in [-0.2, 0) is 0 Å². The fraction of sp³-hybridized carbons (Fsp3) is 1.00. The van der Waals surface area contributed by atoms with Crippen molar-refractivity contribution in [1.29, 1.82) is 0 Å². The van der Waals surface area contributed by atoms with Gasteiger partial charge in [0, 0.05) is 25.4 Å². The SMILES string of the molecule is CC1CSCCN(CCCF)C1. The van der Waals surface area contributed by atoms with Gasteiger partial charge in [0.1, 0.15) is 0 Å². The minimum absolute atomic E-state index is 0.169. The molecule has 1 nitrogen and oxygen atoms in total. The van der Waals surface area contributed by atoms with E-state index in [1.54, 1.807) is 0 Å². The molecule has 0 aromatic rings. The minimum Gasteiger partial charge on any atom is -0.302 e. The Morgan fingerprint density at radius 1 is 1.58 bits per heavy atom. The molecule has 72 valence electrons. The Morgan fingerprint density at radius 3 is 3.17 bits per heavy atom. The maximum atomic E-state index is 11.9. The number of hydrogen-bond donors (Lipinski definition) is 0. The molecular weight excluding hydrogens is 173 g/mol. The number of hydrogen-bond acceptors (Lipinski definition) is 2. The lowest BCUT2D eigenvalue weighted by molar-refractivity contribution is 0.251. The predicted octanol–water partition coefficient (Wildman–Crippen LogP) is 2.03. The van der Waals surface area contributed by atoms with Crippen molar-refractivity contribution < 1.29 is 4.39 Å². The van der Waals surface area contributed by atoms with Crippen molar-refractivity contribution in [1.82, 2.24) is 4.90 Å². The zero-order chi connectivity index (χ0) is 8.81. The molecule has 3 heteroatoms. The van der Waals surface area contributed by atoms with Gasteiger partial charge in [-0.1, -0.05) is 6.92 Å². The number of halogens is 1. The van der Waals surface area contributed by atoms with Crippen LogP contribution in [0.4, 0.5) is 4.39 Å². The molecule has 1 saturated heterocycles. The van der Waals surface area contributed by atoms with Crippen molar-refractivity contribution in [2.24, 2.45) is 5.92 Å². The van der Waals surface area contributed by atoms with Crippen LogP contribution in [0.25, 0.3) is 0 Å². The minimum atomic E-state index is -0.169. The van der Waals surface area contributed by atoms with Crippen LogP contribution < -0.4 is 0 Å². The van der Waals surface area contributed by atoms with Gasteiger partial charge in [0.05, 0.1) is 6.67 Å². The summed E-state index contributed by atoms with van der Waals surface area (Å²) in [6.07, 6.45) is 0.706. The van der Waals surface area contributed by atoms with E-state index >= 15 is 0 Å². The van der Waals surface area contributed by atoms with Crippen molar-refractivity contribution in [2.75, 3.05) is 37.8 Å². The van der Waals surface area contributed by atoms with Crippen molar-refractivity contribution in [2.45, 2.75) is 13.3 Å². The Hall–Kier alpha value is 0.240. The number of thioether (sulfide) groups is 1. The summed E-state index contributed by atoms with van der Waals surface area (Å²) in [5, 5.41) is 0. The average Bonchev–Trinajstić information content (AvgIpc) is 2.26. The summed E-state index contributed by atoms with van der Waals surface area (Å²) in [7, 11) is 0. The van der Waals surface area contributed by atoms with Crippen LogP contribution in [0.5, 0.6) is 0 Å². The van der Waals surface area contributed by atoms with E-state index in [0.717, 1.165) is 25.6 Å². The second-order valence-electron chi connectivity index (χ2n) is 3.52. The molecule has 0 spiro atoms. The van der Waals surface area contributed by atoms with Gasteiger partial charge in [0.15, 0.2) is 0 Å². The smallest absolute Gasteiger partial charge is 0.0906 e. The molecule has 0 saturated carbocycles. The number of nitrogens with zero attached hydrogens (tertiary/aromatic N) is 1. The zero-order valence-corrected chi connectivity index (χ0v) is 8.58. The molecular formula is C9H18FNS. The third-order valence-corrected chi connectivity index (χ3v) is 3.41. The Kier molecular flexibility index (Phi) is 5.00. The largest absolute Gasteiger partial charge is 0.302 e. The topological polar surface area (TPSA) is 3.24 Å². The molecule has 0 N–H and O–H groups in total. The molecule has 0 radical (unpaired) electrons. The Morgan fingerprint density at radius 2 is 2.42 bits per heavy atom. The van der Waals surface area contributed by atoms with Gasteiger partial charge in [-0.2, -0.15) is 11.8 Å². The van der Waals surface area contributed by atoms with E-state index in [1.165, 1.54) is 11.5 Å².